The number of benzene rings is 2. The van der Waals surface area contributed by atoms with E-state index in [1.807, 2.05) is 36.9 Å². The van der Waals surface area contributed by atoms with Gasteiger partial charge in [-0.05, 0) is 63.8 Å². The number of allylic oxidation sites excluding steroid dienone is 1. The van der Waals surface area contributed by atoms with E-state index in [9.17, 15) is 4.79 Å². The van der Waals surface area contributed by atoms with Crippen molar-refractivity contribution >= 4 is 45.7 Å². The number of ether oxygens (including phenoxy) is 1. The maximum absolute atomic E-state index is 13.0. The van der Waals surface area contributed by atoms with E-state index >= 15 is 0 Å². The Labute approximate surface area is 198 Å². The molecule has 3 aromatic rings. The van der Waals surface area contributed by atoms with Gasteiger partial charge in [-0.25, -0.2) is 0 Å². The summed E-state index contributed by atoms with van der Waals surface area (Å²) in [4.78, 5) is 15.0. The fraction of sp³-hybridized carbons (Fsp3) is 0.346. The second-order valence-corrected chi connectivity index (χ2v) is 9.28. The summed E-state index contributed by atoms with van der Waals surface area (Å²) in [7, 11) is 1.64. The van der Waals surface area contributed by atoms with E-state index in [-0.39, 0.29) is 11.9 Å². The normalized spacial score (nSPS) is 17.1. The smallest absolute Gasteiger partial charge is 0.247 e. The minimum atomic E-state index is 0.0441. The van der Waals surface area contributed by atoms with Gasteiger partial charge in [-0.3, -0.25) is 4.79 Å². The van der Waals surface area contributed by atoms with Crippen LogP contribution in [0.1, 0.15) is 44.2 Å². The van der Waals surface area contributed by atoms with Gasteiger partial charge in [0.1, 0.15) is 11.3 Å². The van der Waals surface area contributed by atoms with E-state index in [4.69, 9.17) is 32.4 Å². The zero-order valence-corrected chi connectivity index (χ0v) is 20.3. The number of hydrogen-bond donors (Lipinski definition) is 0. The quantitative estimate of drug-likeness (QED) is 0.369. The molecule has 1 aliphatic heterocycles. The molecule has 1 atom stereocenters. The van der Waals surface area contributed by atoms with Gasteiger partial charge in [-0.15, -0.1) is 0 Å². The van der Waals surface area contributed by atoms with E-state index in [1.165, 1.54) is 6.42 Å². The highest BCUT2D eigenvalue weighted by Gasteiger charge is 2.23. The van der Waals surface area contributed by atoms with E-state index in [2.05, 4.69) is 6.92 Å². The van der Waals surface area contributed by atoms with Gasteiger partial charge < -0.3 is 14.1 Å². The summed E-state index contributed by atoms with van der Waals surface area (Å²) in [6.07, 6.45) is 6.70. The molecule has 4 rings (SSSR count). The van der Waals surface area contributed by atoms with Gasteiger partial charge in [0.15, 0.2) is 0 Å². The molecule has 1 aliphatic rings. The number of halogens is 2. The summed E-state index contributed by atoms with van der Waals surface area (Å²) >= 11 is 12.6. The molecular weight excluding hydrogens is 445 g/mol. The number of rotatable bonds is 4. The lowest BCUT2D eigenvalue weighted by Gasteiger charge is -2.32. The molecule has 32 heavy (non-hydrogen) atoms. The third-order valence-corrected chi connectivity index (χ3v) is 6.87. The SMILES string of the molecule is COc1c(/C(C)=C/C(=O)N2CCCCC2C)cc2c(-c3ccc(Cl)cc3Cl)coc2c1C. The van der Waals surface area contributed by atoms with Crippen LogP contribution < -0.4 is 4.74 Å². The summed E-state index contributed by atoms with van der Waals surface area (Å²) in [5.41, 5.74) is 5.04. The average molecular weight is 472 g/mol. The molecule has 2 heterocycles. The van der Waals surface area contributed by atoms with Crippen LogP contribution in [0.15, 0.2) is 41.0 Å². The van der Waals surface area contributed by atoms with Crippen LogP contribution in [0.2, 0.25) is 10.0 Å². The summed E-state index contributed by atoms with van der Waals surface area (Å²) in [5.74, 6) is 0.747. The monoisotopic (exact) mass is 471 g/mol. The van der Waals surface area contributed by atoms with Crippen molar-refractivity contribution in [3.63, 3.8) is 0 Å². The van der Waals surface area contributed by atoms with Crippen LogP contribution in [0.25, 0.3) is 27.7 Å². The molecular formula is C26H27Cl2NO3. The third kappa shape index (κ3) is 4.14. The van der Waals surface area contributed by atoms with Crippen molar-refractivity contribution in [3.05, 3.63) is 57.8 Å². The van der Waals surface area contributed by atoms with Gasteiger partial charge in [0.05, 0.1) is 18.4 Å². The molecule has 2 aromatic carbocycles. The Hall–Kier alpha value is -2.43. The van der Waals surface area contributed by atoms with Crippen LogP contribution >= 0.6 is 23.2 Å². The lowest BCUT2D eigenvalue weighted by atomic mass is 9.96. The summed E-state index contributed by atoms with van der Waals surface area (Å²) < 4.78 is 11.7. The molecule has 6 heteroatoms. The number of nitrogens with zero attached hydrogens (tertiary/aromatic N) is 1. The first-order valence-corrected chi connectivity index (χ1v) is 11.6. The molecule has 1 amide bonds. The Morgan fingerprint density at radius 1 is 1.22 bits per heavy atom. The Balaban J connectivity index is 1.82. The molecule has 168 valence electrons. The number of hydrogen-bond acceptors (Lipinski definition) is 3. The number of likely N-dealkylation sites (tertiary alicyclic amines) is 1. The predicted octanol–water partition coefficient (Wildman–Crippen LogP) is 7.53. The number of piperidine rings is 1. The van der Waals surface area contributed by atoms with Crippen molar-refractivity contribution in [2.45, 2.75) is 46.1 Å². The van der Waals surface area contributed by atoms with Crippen molar-refractivity contribution in [2.75, 3.05) is 13.7 Å². The van der Waals surface area contributed by atoms with Crippen LogP contribution in [0, 0.1) is 6.92 Å². The zero-order valence-electron chi connectivity index (χ0n) is 18.8. The Kier molecular flexibility index (Phi) is 6.55. The maximum atomic E-state index is 13.0. The first kappa shape index (κ1) is 22.8. The largest absolute Gasteiger partial charge is 0.496 e. The standard InChI is InChI=1S/C26H27Cl2NO3/c1-15(11-24(30)29-10-6-5-7-16(29)2)20-13-21-22(19-9-8-18(27)12-23(19)28)14-32-26(21)17(3)25(20)31-4/h8-9,11-14,16H,5-7,10H2,1-4H3/b15-11+. The molecule has 1 aromatic heterocycles. The lowest BCUT2D eigenvalue weighted by molar-refractivity contribution is -0.129. The number of carbonyl (C=O) groups excluding carboxylic acids is 1. The number of carbonyl (C=O) groups is 1. The van der Waals surface area contributed by atoms with E-state index in [1.54, 1.807) is 25.5 Å². The topological polar surface area (TPSA) is 42.7 Å². The average Bonchev–Trinajstić information content (AvgIpc) is 3.18. The minimum Gasteiger partial charge on any atom is -0.496 e. The Bertz CT molecular complexity index is 1210. The van der Waals surface area contributed by atoms with Gasteiger partial charge in [0.25, 0.3) is 0 Å². The van der Waals surface area contributed by atoms with Gasteiger partial charge in [0, 0.05) is 51.3 Å². The molecule has 0 saturated carbocycles. The molecule has 1 saturated heterocycles. The molecule has 0 spiro atoms. The molecule has 0 aliphatic carbocycles. The fourth-order valence-electron chi connectivity index (χ4n) is 4.56. The highest BCUT2D eigenvalue weighted by Crippen LogP contribution is 2.42. The summed E-state index contributed by atoms with van der Waals surface area (Å²) in [6.45, 7) is 6.83. The molecule has 0 bridgehead atoms. The third-order valence-electron chi connectivity index (χ3n) is 6.32. The molecule has 4 nitrogen and oxygen atoms in total. The van der Waals surface area contributed by atoms with Gasteiger partial charge in [-0.1, -0.05) is 29.3 Å². The van der Waals surface area contributed by atoms with Crippen molar-refractivity contribution in [3.8, 4) is 16.9 Å². The van der Waals surface area contributed by atoms with Gasteiger partial charge in [0.2, 0.25) is 5.91 Å². The summed E-state index contributed by atoms with van der Waals surface area (Å²) in [5, 5.41) is 2.04. The molecule has 1 fully saturated rings. The number of methoxy groups -OCH3 is 1. The molecule has 1 unspecified atom stereocenters. The number of aryl methyl sites for hydroxylation is 1. The molecule has 0 N–H and O–H groups in total. The predicted molar refractivity (Wildman–Crippen MR) is 132 cm³/mol. The van der Waals surface area contributed by atoms with Crippen molar-refractivity contribution in [2.24, 2.45) is 0 Å². The van der Waals surface area contributed by atoms with Crippen LogP contribution in [-0.4, -0.2) is 30.5 Å². The fourth-order valence-corrected chi connectivity index (χ4v) is 5.07. The van der Waals surface area contributed by atoms with Crippen LogP contribution in [-0.2, 0) is 4.79 Å². The van der Waals surface area contributed by atoms with Crippen LogP contribution in [0.4, 0.5) is 0 Å². The minimum absolute atomic E-state index is 0.0441. The number of fused-ring (bicyclic) bond motifs is 1. The van der Waals surface area contributed by atoms with E-state index in [0.29, 0.717) is 15.8 Å². The van der Waals surface area contributed by atoms with E-state index in [0.717, 1.165) is 58.2 Å². The van der Waals surface area contributed by atoms with E-state index < -0.39 is 0 Å². The van der Waals surface area contributed by atoms with Crippen LogP contribution in [0.3, 0.4) is 0 Å². The first-order chi connectivity index (χ1) is 15.3. The van der Waals surface area contributed by atoms with Crippen molar-refractivity contribution in [1.82, 2.24) is 4.90 Å². The van der Waals surface area contributed by atoms with Gasteiger partial charge >= 0.3 is 0 Å². The summed E-state index contributed by atoms with van der Waals surface area (Å²) in [6, 6.07) is 7.70. The highest BCUT2D eigenvalue weighted by atomic mass is 35.5. The second kappa shape index (κ2) is 9.21. The lowest BCUT2D eigenvalue weighted by Crippen LogP contribution is -2.41. The van der Waals surface area contributed by atoms with Crippen LogP contribution in [0.5, 0.6) is 5.75 Å². The molecule has 0 radical (unpaired) electrons. The Morgan fingerprint density at radius 3 is 2.69 bits per heavy atom. The van der Waals surface area contributed by atoms with Crippen molar-refractivity contribution < 1.29 is 13.9 Å². The zero-order chi connectivity index (χ0) is 23.0. The maximum Gasteiger partial charge on any atom is 0.247 e. The number of amides is 1. The number of furan rings is 1. The van der Waals surface area contributed by atoms with Gasteiger partial charge in [-0.2, -0.15) is 0 Å². The van der Waals surface area contributed by atoms with Crippen molar-refractivity contribution in [1.29, 1.82) is 0 Å². The first-order valence-electron chi connectivity index (χ1n) is 10.8. The second-order valence-electron chi connectivity index (χ2n) is 8.44. The highest BCUT2D eigenvalue weighted by molar-refractivity contribution is 6.36. The Morgan fingerprint density at radius 2 is 2.00 bits per heavy atom.